The highest BCUT2D eigenvalue weighted by atomic mass is 35.5. The van der Waals surface area contributed by atoms with Gasteiger partial charge in [0.2, 0.25) is 0 Å². The molecule has 0 saturated carbocycles. The Labute approximate surface area is 247 Å². The van der Waals surface area contributed by atoms with E-state index in [1.807, 2.05) is 12.1 Å². The Morgan fingerprint density at radius 1 is 0.775 bits per heavy atom. The van der Waals surface area contributed by atoms with E-state index in [-0.39, 0.29) is 24.8 Å². The van der Waals surface area contributed by atoms with Crippen LogP contribution in [0.3, 0.4) is 0 Å². The fourth-order valence-electron chi connectivity index (χ4n) is 5.85. The summed E-state index contributed by atoms with van der Waals surface area (Å²) in [4.78, 5) is 10.3. The van der Waals surface area contributed by atoms with Gasteiger partial charge in [-0.3, -0.25) is 9.80 Å². The first kappa shape index (κ1) is 32.5. The molecule has 40 heavy (non-hydrogen) atoms. The maximum absolute atomic E-state index is 13.6. The molecule has 1 unspecified atom stereocenters. The van der Waals surface area contributed by atoms with E-state index in [0.29, 0.717) is 6.04 Å². The maximum Gasteiger partial charge on any atom is 0.123 e. The molecule has 3 aromatic rings. The molecule has 5 rings (SSSR count). The number of nitrogens with zero attached hydrogens (tertiary/aromatic N) is 4. The number of hydrogen-bond acceptors (Lipinski definition) is 5. The maximum atomic E-state index is 13.6. The van der Waals surface area contributed by atoms with Crippen molar-refractivity contribution in [2.45, 2.75) is 32.2 Å². The molecule has 5 nitrogen and oxygen atoms in total. The van der Waals surface area contributed by atoms with Crippen molar-refractivity contribution in [3.05, 3.63) is 83.7 Å². The highest BCUT2D eigenvalue weighted by Crippen LogP contribution is 2.25. The van der Waals surface area contributed by atoms with Gasteiger partial charge in [0, 0.05) is 71.6 Å². The second kappa shape index (κ2) is 17.0. The topological polar surface area (TPSA) is 33.2 Å². The predicted molar refractivity (Wildman–Crippen MR) is 168 cm³/mol. The van der Waals surface area contributed by atoms with Gasteiger partial charge in [-0.15, -0.1) is 12.4 Å². The lowest BCUT2D eigenvalue weighted by molar-refractivity contribution is 0.0635. The summed E-state index contributed by atoms with van der Waals surface area (Å²) in [6, 6.07) is 23.0. The number of benzene rings is 3. The van der Waals surface area contributed by atoms with Crippen molar-refractivity contribution in [3.63, 3.8) is 0 Å². The fraction of sp³-hybridized carbons (Fsp3) is 0.515. The first-order chi connectivity index (χ1) is 19.1. The van der Waals surface area contributed by atoms with E-state index in [1.165, 1.54) is 41.3 Å². The third kappa shape index (κ3) is 9.51. The van der Waals surface area contributed by atoms with Crippen LogP contribution in [0.4, 0.5) is 4.39 Å². The quantitative estimate of drug-likeness (QED) is 0.352. The summed E-state index contributed by atoms with van der Waals surface area (Å²) in [7, 11) is 2.20. The summed E-state index contributed by atoms with van der Waals surface area (Å²) >= 11 is 0. The van der Waals surface area contributed by atoms with Gasteiger partial charge in [-0.25, -0.2) is 4.39 Å². The van der Waals surface area contributed by atoms with Crippen molar-refractivity contribution >= 4 is 23.2 Å². The van der Waals surface area contributed by atoms with E-state index in [9.17, 15) is 4.39 Å². The van der Waals surface area contributed by atoms with Gasteiger partial charge in [0.25, 0.3) is 0 Å². The summed E-state index contributed by atoms with van der Waals surface area (Å²) in [5.41, 5.74) is 2.73. The zero-order valence-electron chi connectivity index (χ0n) is 24.3. The third-order valence-corrected chi connectivity index (χ3v) is 8.18. The van der Waals surface area contributed by atoms with Crippen LogP contribution in [-0.4, -0.2) is 104 Å². The van der Waals surface area contributed by atoms with E-state index in [2.05, 4.69) is 69.1 Å². The first-order valence-corrected chi connectivity index (χ1v) is 14.8. The third-order valence-electron chi connectivity index (χ3n) is 8.18. The molecule has 0 bridgehead atoms. The molecule has 2 aliphatic heterocycles. The van der Waals surface area contributed by atoms with E-state index in [0.717, 1.165) is 65.3 Å². The van der Waals surface area contributed by atoms with Crippen molar-refractivity contribution in [2.75, 3.05) is 79.1 Å². The molecular weight excluding hydrogens is 523 g/mol. The van der Waals surface area contributed by atoms with Crippen molar-refractivity contribution in [1.82, 2.24) is 19.6 Å². The van der Waals surface area contributed by atoms with Crippen molar-refractivity contribution in [1.29, 1.82) is 0 Å². The van der Waals surface area contributed by atoms with Crippen molar-refractivity contribution < 1.29 is 9.50 Å². The molecule has 0 aliphatic carbocycles. The number of aliphatic hydroxyl groups excluding tert-OH is 1. The molecule has 0 aromatic heterocycles. The zero-order chi connectivity index (χ0) is 27.5. The highest BCUT2D eigenvalue weighted by Gasteiger charge is 2.27. The first-order valence-electron chi connectivity index (χ1n) is 14.8. The van der Waals surface area contributed by atoms with Crippen LogP contribution in [0.2, 0.25) is 0 Å². The van der Waals surface area contributed by atoms with Crippen LogP contribution < -0.4 is 0 Å². The van der Waals surface area contributed by atoms with Gasteiger partial charge in [0.05, 0.1) is 0 Å². The number of likely N-dealkylation sites (N-methyl/N-ethyl adjacent to an activating group) is 1. The minimum absolute atomic E-state index is 0. The molecule has 1 atom stereocenters. The van der Waals surface area contributed by atoms with Crippen LogP contribution in [0.5, 0.6) is 0 Å². The largest absolute Gasteiger partial charge is 0.397 e. The Morgan fingerprint density at radius 3 is 2.10 bits per heavy atom. The number of rotatable bonds is 9. The predicted octanol–water partition coefficient (Wildman–Crippen LogP) is 5.33. The normalized spacial score (nSPS) is 18.1. The number of aryl methyl sites for hydroxylation is 1. The van der Waals surface area contributed by atoms with E-state index < -0.39 is 0 Å². The van der Waals surface area contributed by atoms with Crippen molar-refractivity contribution in [2.24, 2.45) is 0 Å². The minimum Gasteiger partial charge on any atom is -0.397 e. The average Bonchev–Trinajstić information content (AvgIpc) is 2.96. The zero-order valence-corrected chi connectivity index (χ0v) is 25.2. The van der Waals surface area contributed by atoms with E-state index in [1.54, 1.807) is 19.1 Å². The van der Waals surface area contributed by atoms with Gasteiger partial charge in [0.15, 0.2) is 0 Å². The van der Waals surface area contributed by atoms with E-state index >= 15 is 0 Å². The highest BCUT2D eigenvalue weighted by molar-refractivity contribution is 5.86. The monoisotopic (exact) mass is 570 g/mol. The Bertz CT molecular complexity index is 1110. The lowest BCUT2D eigenvalue weighted by Crippen LogP contribution is -2.52. The Hall–Kier alpha value is -2.06. The standard InChI is InChI=1S/C31H41FN4.C2H6O.ClH/c1-33-17-23-36(24-18-33)31(28-12-14-29(32)15-13-28)25-35-21-19-34(20-22-35)16-5-4-8-27-10-6-9-26-7-2-3-11-30(26)27;1-2-3;/h2-3,6-7,9-15,31H,4-5,8,16-25H2,1H3;3H,2H2,1H3;1H. The molecule has 0 radical (unpaired) electrons. The van der Waals surface area contributed by atoms with Gasteiger partial charge < -0.3 is 14.9 Å². The van der Waals surface area contributed by atoms with E-state index in [4.69, 9.17) is 5.11 Å². The lowest BCUT2D eigenvalue weighted by Gasteiger charge is -2.42. The van der Waals surface area contributed by atoms with Gasteiger partial charge in [0.1, 0.15) is 5.82 Å². The van der Waals surface area contributed by atoms with Gasteiger partial charge in [-0.05, 0) is 73.8 Å². The Morgan fingerprint density at radius 2 is 1.40 bits per heavy atom. The van der Waals surface area contributed by atoms with Crippen LogP contribution in [-0.2, 0) is 6.42 Å². The number of fused-ring (bicyclic) bond motifs is 1. The number of unbranched alkanes of at least 4 members (excludes halogenated alkanes) is 1. The molecule has 2 fully saturated rings. The smallest absolute Gasteiger partial charge is 0.123 e. The molecule has 2 aliphatic rings. The average molecular weight is 571 g/mol. The lowest BCUT2D eigenvalue weighted by atomic mass is 10.00. The van der Waals surface area contributed by atoms with Gasteiger partial charge in [-0.1, -0.05) is 54.6 Å². The summed E-state index contributed by atoms with van der Waals surface area (Å²) < 4.78 is 13.6. The molecule has 220 valence electrons. The summed E-state index contributed by atoms with van der Waals surface area (Å²) in [6.45, 7) is 13.0. The molecule has 2 heterocycles. The Balaban J connectivity index is 0.00000106. The number of piperazine rings is 2. The van der Waals surface area contributed by atoms with Gasteiger partial charge in [-0.2, -0.15) is 0 Å². The number of hydrogen-bond donors (Lipinski definition) is 1. The number of aliphatic hydroxyl groups is 1. The second-order valence-corrected chi connectivity index (χ2v) is 11.0. The molecular formula is C33H48ClFN4O. The Kier molecular flexibility index (Phi) is 13.8. The number of halogens is 2. The molecule has 0 amide bonds. The van der Waals surface area contributed by atoms with Crippen LogP contribution >= 0.6 is 12.4 Å². The summed E-state index contributed by atoms with van der Waals surface area (Å²) in [5.74, 6) is -0.148. The summed E-state index contributed by atoms with van der Waals surface area (Å²) in [6.07, 6.45) is 3.65. The van der Waals surface area contributed by atoms with Crippen molar-refractivity contribution in [3.8, 4) is 0 Å². The molecule has 2 saturated heterocycles. The molecule has 0 spiro atoms. The minimum atomic E-state index is -0.148. The SMILES string of the molecule is CCO.CN1CCN(C(CN2CCN(CCCCc3cccc4ccccc34)CC2)c2ccc(F)cc2)CC1.Cl. The molecule has 1 N–H and O–H groups in total. The van der Waals surface area contributed by atoms with Crippen LogP contribution in [0.1, 0.15) is 36.9 Å². The second-order valence-electron chi connectivity index (χ2n) is 11.0. The fourth-order valence-corrected chi connectivity index (χ4v) is 5.85. The van der Waals surface area contributed by atoms with Crippen LogP contribution in [0.15, 0.2) is 66.7 Å². The molecule has 7 heteroatoms. The van der Waals surface area contributed by atoms with Crippen LogP contribution in [0.25, 0.3) is 10.8 Å². The van der Waals surface area contributed by atoms with Gasteiger partial charge >= 0.3 is 0 Å². The summed E-state index contributed by atoms with van der Waals surface area (Å²) in [5, 5.41) is 10.3. The molecule has 3 aromatic carbocycles. The van der Waals surface area contributed by atoms with Crippen LogP contribution in [0, 0.1) is 5.82 Å².